The quantitative estimate of drug-likeness (QED) is 0.434. The molecule has 3 aromatic rings. The molecule has 150 valence electrons. The number of nitrogens with zero attached hydrogens (tertiary/aromatic N) is 1. The van der Waals surface area contributed by atoms with E-state index in [0.717, 1.165) is 4.90 Å². The summed E-state index contributed by atoms with van der Waals surface area (Å²) in [4.78, 5) is 37.2. The number of carboxylic acids is 1. The molecule has 7 nitrogen and oxygen atoms in total. The van der Waals surface area contributed by atoms with Gasteiger partial charge < -0.3 is 14.8 Å². The molecule has 1 saturated heterocycles. The van der Waals surface area contributed by atoms with Crippen LogP contribution in [0.3, 0.4) is 0 Å². The lowest BCUT2D eigenvalue weighted by atomic mass is 10.1. The summed E-state index contributed by atoms with van der Waals surface area (Å²) in [5, 5.41) is 12.3. The SMILES string of the molecule is O=C(O)c1cc(-c2ccc(C=C3NC(=O)N(c4ccc(Cl)cc4)C3=O)o2)ccc1Cl. The Balaban J connectivity index is 1.61. The van der Waals surface area contributed by atoms with Gasteiger partial charge in [0.15, 0.2) is 0 Å². The van der Waals surface area contributed by atoms with Crippen LogP contribution in [0.4, 0.5) is 10.5 Å². The monoisotopic (exact) mass is 442 g/mol. The first kappa shape index (κ1) is 19.8. The molecule has 2 N–H and O–H groups in total. The highest BCUT2D eigenvalue weighted by atomic mass is 35.5. The van der Waals surface area contributed by atoms with E-state index < -0.39 is 17.9 Å². The molecular formula is C21H12Cl2N2O5. The Bertz CT molecular complexity index is 1210. The third-order valence-corrected chi connectivity index (χ3v) is 4.94. The summed E-state index contributed by atoms with van der Waals surface area (Å²) in [7, 11) is 0. The molecule has 0 aliphatic carbocycles. The Morgan fingerprint density at radius 1 is 1.03 bits per heavy atom. The fourth-order valence-electron chi connectivity index (χ4n) is 2.93. The second-order valence-corrected chi connectivity index (χ2v) is 7.15. The largest absolute Gasteiger partial charge is 0.478 e. The molecule has 0 unspecified atom stereocenters. The van der Waals surface area contributed by atoms with Crippen molar-refractivity contribution in [1.29, 1.82) is 0 Å². The number of hydrogen-bond acceptors (Lipinski definition) is 4. The summed E-state index contributed by atoms with van der Waals surface area (Å²) < 4.78 is 5.69. The number of rotatable bonds is 4. The molecule has 30 heavy (non-hydrogen) atoms. The Kier molecular flexibility index (Phi) is 5.07. The number of carbonyl (C=O) groups is 3. The number of halogens is 2. The average Bonchev–Trinajstić information content (AvgIpc) is 3.28. The van der Waals surface area contributed by atoms with Crippen molar-refractivity contribution in [3.05, 3.63) is 81.7 Å². The van der Waals surface area contributed by atoms with Crippen LogP contribution in [0, 0.1) is 0 Å². The van der Waals surface area contributed by atoms with Crippen LogP contribution in [0.5, 0.6) is 0 Å². The second-order valence-electron chi connectivity index (χ2n) is 6.31. The molecule has 1 aliphatic heterocycles. The van der Waals surface area contributed by atoms with Crippen LogP contribution in [0.2, 0.25) is 10.0 Å². The van der Waals surface area contributed by atoms with Gasteiger partial charge in [-0.15, -0.1) is 0 Å². The minimum atomic E-state index is -1.16. The fraction of sp³-hybridized carbons (Fsp3) is 0. The van der Waals surface area contributed by atoms with Crippen molar-refractivity contribution in [2.45, 2.75) is 0 Å². The van der Waals surface area contributed by atoms with Gasteiger partial charge in [0.2, 0.25) is 0 Å². The molecule has 1 aliphatic rings. The van der Waals surface area contributed by atoms with Gasteiger partial charge in [0.25, 0.3) is 5.91 Å². The minimum Gasteiger partial charge on any atom is -0.478 e. The molecule has 1 aromatic heterocycles. The van der Waals surface area contributed by atoms with Gasteiger partial charge in [0.05, 0.1) is 16.3 Å². The Morgan fingerprint density at radius 2 is 1.77 bits per heavy atom. The predicted octanol–water partition coefficient (Wildman–Crippen LogP) is 5.05. The number of furan rings is 1. The molecule has 4 rings (SSSR count). The van der Waals surface area contributed by atoms with Gasteiger partial charge >= 0.3 is 12.0 Å². The van der Waals surface area contributed by atoms with Crippen molar-refractivity contribution in [3.63, 3.8) is 0 Å². The van der Waals surface area contributed by atoms with Crippen LogP contribution in [-0.2, 0) is 4.79 Å². The third kappa shape index (κ3) is 3.68. The van der Waals surface area contributed by atoms with Gasteiger partial charge in [0.1, 0.15) is 17.2 Å². The van der Waals surface area contributed by atoms with E-state index in [1.807, 2.05) is 0 Å². The fourth-order valence-corrected chi connectivity index (χ4v) is 3.25. The van der Waals surface area contributed by atoms with E-state index in [4.69, 9.17) is 27.6 Å². The Morgan fingerprint density at radius 3 is 2.47 bits per heavy atom. The van der Waals surface area contributed by atoms with E-state index >= 15 is 0 Å². The van der Waals surface area contributed by atoms with Gasteiger partial charge in [-0.25, -0.2) is 14.5 Å². The van der Waals surface area contributed by atoms with Crippen molar-refractivity contribution in [2.75, 3.05) is 4.90 Å². The third-order valence-electron chi connectivity index (χ3n) is 4.36. The highest BCUT2D eigenvalue weighted by Gasteiger charge is 2.35. The van der Waals surface area contributed by atoms with Gasteiger partial charge in [-0.2, -0.15) is 0 Å². The van der Waals surface area contributed by atoms with Crippen LogP contribution in [0.15, 0.2) is 64.7 Å². The van der Waals surface area contributed by atoms with E-state index in [9.17, 15) is 19.5 Å². The molecular weight excluding hydrogens is 431 g/mol. The van der Waals surface area contributed by atoms with E-state index in [0.29, 0.717) is 27.8 Å². The molecule has 0 saturated carbocycles. The van der Waals surface area contributed by atoms with Gasteiger partial charge in [0, 0.05) is 16.7 Å². The summed E-state index contributed by atoms with van der Waals surface area (Å²) in [6.07, 6.45) is 1.40. The van der Waals surface area contributed by atoms with Crippen molar-refractivity contribution >= 4 is 52.9 Å². The lowest BCUT2D eigenvalue weighted by Crippen LogP contribution is -2.30. The van der Waals surface area contributed by atoms with Crippen molar-refractivity contribution in [3.8, 4) is 11.3 Å². The lowest BCUT2D eigenvalue weighted by Gasteiger charge is -2.11. The van der Waals surface area contributed by atoms with Crippen LogP contribution in [-0.4, -0.2) is 23.0 Å². The summed E-state index contributed by atoms with van der Waals surface area (Å²) in [5.41, 5.74) is 0.874. The Hall–Kier alpha value is -3.55. The molecule has 3 amide bonds. The maximum atomic E-state index is 12.7. The van der Waals surface area contributed by atoms with Crippen LogP contribution in [0.25, 0.3) is 17.4 Å². The van der Waals surface area contributed by atoms with Crippen LogP contribution >= 0.6 is 23.2 Å². The molecule has 0 spiro atoms. The number of urea groups is 1. The normalized spacial score (nSPS) is 15.0. The number of carboxylic acid groups (broad SMARTS) is 1. The molecule has 0 atom stereocenters. The number of nitrogens with one attached hydrogen (secondary N) is 1. The lowest BCUT2D eigenvalue weighted by molar-refractivity contribution is -0.113. The van der Waals surface area contributed by atoms with Crippen LogP contribution < -0.4 is 10.2 Å². The smallest absolute Gasteiger partial charge is 0.337 e. The first-order chi connectivity index (χ1) is 14.3. The first-order valence-electron chi connectivity index (χ1n) is 8.59. The summed E-state index contributed by atoms with van der Waals surface area (Å²) in [5.74, 6) is -1.01. The highest BCUT2D eigenvalue weighted by molar-refractivity contribution is 6.33. The number of carbonyl (C=O) groups excluding carboxylic acids is 2. The highest BCUT2D eigenvalue weighted by Crippen LogP contribution is 2.29. The minimum absolute atomic E-state index is 0.0400. The number of hydrogen-bond donors (Lipinski definition) is 2. The van der Waals surface area contributed by atoms with Crippen LogP contribution in [0.1, 0.15) is 16.1 Å². The van der Waals surface area contributed by atoms with E-state index in [2.05, 4.69) is 5.32 Å². The van der Waals surface area contributed by atoms with E-state index in [1.165, 1.54) is 18.2 Å². The van der Waals surface area contributed by atoms with Crippen molar-refractivity contribution in [2.24, 2.45) is 0 Å². The number of imide groups is 1. The molecule has 2 heterocycles. The molecule has 0 radical (unpaired) electrons. The number of anilines is 1. The first-order valence-corrected chi connectivity index (χ1v) is 9.35. The van der Waals surface area contributed by atoms with Crippen molar-refractivity contribution < 1.29 is 23.9 Å². The number of aromatic carboxylic acids is 1. The van der Waals surface area contributed by atoms with E-state index in [-0.39, 0.29) is 16.3 Å². The molecule has 2 aromatic carbocycles. The molecule has 1 fully saturated rings. The zero-order valence-electron chi connectivity index (χ0n) is 15.1. The van der Waals surface area contributed by atoms with E-state index in [1.54, 1.807) is 42.5 Å². The van der Waals surface area contributed by atoms with Gasteiger partial charge in [-0.1, -0.05) is 23.2 Å². The molecule has 9 heteroatoms. The summed E-state index contributed by atoms with van der Waals surface area (Å²) >= 11 is 11.7. The second kappa shape index (κ2) is 7.70. The van der Waals surface area contributed by atoms with Gasteiger partial charge in [-0.05, 0) is 54.6 Å². The predicted molar refractivity (Wildman–Crippen MR) is 112 cm³/mol. The standard InChI is InChI=1S/C21H12Cl2N2O5/c22-12-2-4-13(5-3-12)25-19(26)17(24-21(25)29)10-14-6-8-18(30-14)11-1-7-16(23)15(9-11)20(27)28/h1-10H,(H,24,29)(H,27,28). The number of amides is 3. The topological polar surface area (TPSA) is 99.9 Å². The summed E-state index contributed by atoms with van der Waals surface area (Å²) in [6, 6.07) is 13.4. The zero-order valence-corrected chi connectivity index (χ0v) is 16.6. The molecule has 0 bridgehead atoms. The average molecular weight is 443 g/mol. The summed E-state index contributed by atoms with van der Waals surface area (Å²) in [6.45, 7) is 0. The van der Waals surface area contributed by atoms with Gasteiger partial charge in [-0.3, -0.25) is 4.79 Å². The number of benzene rings is 2. The zero-order chi connectivity index (χ0) is 21.4. The van der Waals surface area contributed by atoms with Crippen molar-refractivity contribution in [1.82, 2.24) is 5.32 Å². The Labute approximate surface area is 180 Å². The maximum Gasteiger partial charge on any atom is 0.337 e. The maximum absolute atomic E-state index is 12.7.